The summed E-state index contributed by atoms with van der Waals surface area (Å²) in [6, 6.07) is 9.38. The van der Waals surface area contributed by atoms with Crippen LogP contribution in [-0.2, 0) is 6.54 Å². The van der Waals surface area contributed by atoms with Crippen LogP contribution >= 0.6 is 0 Å². The van der Waals surface area contributed by atoms with E-state index in [0.717, 1.165) is 43.1 Å². The van der Waals surface area contributed by atoms with Crippen LogP contribution in [0.1, 0.15) is 21.5 Å². The summed E-state index contributed by atoms with van der Waals surface area (Å²) in [5.74, 6) is 1.63. The van der Waals surface area contributed by atoms with Gasteiger partial charge in [-0.05, 0) is 49.4 Å². The molecule has 2 saturated heterocycles. The Hall–Kier alpha value is -3.33. The van der Waals surface area contributed by atoms with Crippen LogP contribution in [0.15, 0.2) is 36.5 Å². The van der Waals surface area contributed by atoms with Crippen molar-refractivity contribution in [1.82, 2.24) is 25.0 Å². The van der Waals surface area contributed by atoms with Crippen molar-refractivity contribution in [3.8, 4) is 5.75 Å². The number of carbonyl (C=O) groups excluding carboxylic acids is 2. The van der Waals surface area contributed by atoms with Crippen molar-refractivity contribution in [1.29, 1.82) is 0 Å². The van der Waals surface area contributed by atoms with Crippen LogP contribution < -0.4 is 15.0 Å². The Bertz CT molecular complexity index is 1010. The number of benzene rings is 1. The number of hydrogen-bond acceptors (Lipinski definition) is 6. The largest absolute Gasteiger partial charge is 0.496 e. The van der Waals surface area contributed by atoms with Crippen LogP contribution in [-0.4, -0.2) is 98.1 Å². The van der Waals surface area contributed by atoms with Gasteiger partial charge in [-0.1, -0.05) is 6.07 Å². The van der Waals surface area contributed by atoms with E-state index in [4.69, 9.17) is 4.74 Å². The van der Waals surface area contributed by atoms with Crippen molar-refractivity contribution in [3.05, 3.63) is 53.2 Å². The Balaban J connectivity index is 1.26. The van der Waals surface area contributed by atoms with Gasteiger partial charge in [0.15, 0.2) is 0 Å². The summed E-state index contributed by atoms with van der Waals surface area (Å²) >= 11 is 0. The molecule has 0 atom stereocenters. The van der Waals surface area contributed by atoms with E-state index in [0.29, 0.717) is 44.0 Å². The number of aromatic nitrogens is 1. The van der Waals surface area contributed by atoms with Gasteiger partial charge in [-0.15, -0.1) is 0 Å². The van der Waals surface area contributed by atoms with Crippen LogP contribution in [0, 0.1) is 6.92 Å². The quantitative estimate of drug-likeness (QED) is 0.724. The SMILES string of the molecule is COc1cc(C(=O)N2CCN(C(=O)NCc3ccnc(N4CCN(C)CC4)c3)CC2)ccc1C. The highest BCUT2D eigenvalue weighted by Gasteiger charge is 2.25. The van der Waals surface area contributed by atoms with Crippen molar-refractivity contribution in [2.24, 2.45) is 0 Å². The minimum absolute atomic E-state index is 0.0356. The molecule has 9 nitrogen and oxygen atoms in total. The highest BCUT2D eigenvalue weighted by atomic mass is 16.5. The number of likely N-dealkylation sites (N-methyl/N-ethyl adjacent to an activating group) is 1. The molecule has 0 radical (unpaired) electrons. The van der Waals surface area contributed by atoms with E-state index >= 15 is 0 Å². The van der Waals surface area contributed by atoms with E-state index in [1.807, 2.05) is 25.1 Å². The van der Waals surface area contributed by atoms with Crippen molar-refractivity contribution in [2.45, 2.75) is 13.5 Å². The number of carbonyl (C=O) groups is 2. The first-order valence-electron chi connectivity index (χ1n) is 11.8. The highest BCUT2D eigenvalue weighted by Crippen LogP contribution is 2.20. The fourth-order valence-electron chi connectivity index (χ4n) is 4.32. The summed E-state index contributed by atoms with van der Waals surface area (Å²) in [7, 11) is 3.74. The van der Waals surface area contributed by atoms with E-state index < -0.39 is 0 Å². The lowest BCUT2D eigenvalue weighted by Crippen LogP contribution is -2.53. The summed E-state index contributed by atoms with van der Waals surface area (Å²) < 4.78 is 5.34. The molecule has 0 spiro atoms. The van der Waals surface area contributed by atoms with Crippen LogP contribution in [0.5, 0.6) is 5.75 Å². The molecule has 34 heavy (non-hydrogen) atoms. The van der Waals surface area contributed by atoms with Crippen molar-refractivity contribution >= 4 is 17.8 Å². The number of hydrogen-bond donors (Lipinski definition) is 1. The number of urea groups is 1. The molecular formula is C25H34N6O3. The first-order chi connectivity index (χ1) is 16.4. The monoisotopic (exact) mass is 466 g/mol. The molecule has 1 aromatic carbocycles. The Morgan fingerprint density at radius 3 is 2.38 bits per heavy atom. The minimum Gasteiger partial charge on any atom is -0.496 e. The van der Waals surface area contributed by atoms with Crippen molar-refractivity contribution < 1.29 is 14.3 Å². The third-order valence-electron chi connectivity index (χ3n) is 6.59. The molecule has 4 rings (SSSR count). The Labute approximate surface area is 201 Å². The summed E-state index contributed by atoms with van der Waals surface area (Å²) in [6.45, 7) is 8.37. The fourth-order valence-corrected chi connectivity index (χ4v) is 4.32. The zero-order valence-corrected chi connectivity index (χ0v) is 20.3. The normalized spacial score (nSPS) is 17.0. The van der Waals surface area contributed by atoms with E-state index in [1.165, 1.54) is 0 Å². The van der Waals surface area contributed by atoms with Gasteiger partial charge in [0.1, 0.15) is 11.6 Å². The van der Waals surface area contributed by atoms with Crippen LogP contribution in [0.2, 0.25) is 0 Å². The summed E-state index contributed by atoms with van der Waals surface area (Å²) in [5.41, 5.74) is 2.62. The number of amides is 3. The maximum Gasteiger partial charge on any atom is 0.317 e. The maximum atomic E-state index is 12.9. The molecule has 1 aromatic heterocycles. The first kappa shape index (κ1) is 23.8. The van der Waals surface area contributed by atoms with Crippen molar-refractivity contribution in [2.75, 3.05) is 71.4 Å². The van der Waals surface area contributed by atoms with Crippen LogP contribution in [0.4, 0.5) is 10.6 Å². The smallest absolute Gasteiger partial charge is 0.317 e. The molecule has 1 N–H and O–H groups in total. The van der Waals surface area contributed by atoms with Gasteiger partial charge in [-0.2, -0.15) is 0 Å². The molecule has 0 aliphatic carbocycles. The highest BCUT2D eigenvalue weighted by molar-refractivity contribution is 5.95. The van der Waals surface area contributed by atoms with Gasteiger partial charge >= 0.3 is 6.03 Å². The second kappa shape index (κ2) is 10.7. The molecule has 2 aromatic rings. The molecule has 3 heterocycles. The minimum atomic E-state index is -0.109. The Morgan fingerprint density at radius 2 is 1.68 bits per heavy atom. The number of anilines is 1. The second-order valence-electron chi connectivity index (χ2n) is 8.93. The number of nitrogens with zero attached hydrogens (tertiary/aromatic N) is 5. The number of ether oxygens (including phenoxy) is 1. The van der Waals surface area contributed by atoms with Gasteiger partial charge in [0, 0.05) is 70.7 Å². The molecule has 9 heteroatoms. The summed E-state index contributed by atoms with van der Waals surface area (Å²) in [6.07, 6.45) is 1.81. The van der Waals surface area contributed by atoms with Crippen LogP contribution in [0.3, 0.4) is 0 Å². The zero-order valence-electron chi connectivity index (χ0n) is 20.3. The molecule has 2 fully saturated rings. The molecule has 0 saturated carbocycles. The molecule has 182 valence electrons. The Kier molecular flexibility index (Phi) is 7.52. The number of aryl methyl sites for hydroxylation is 1. The van der Waals surface area contributed by atoms with Gasteiger partial charge in [-0.25, -0.2) is 9.78 Å². The number of rotatable bonds is 5. The lowest BCUT2D eigenvalue weighted by Gasteiger charge is -2.35. The van der Waals surface area contributed by atoms with E-state index in [2.05, 4.69) is 33.2 Å². The van der Waals surface area contributed by atoms with Gasteiger partial charge in [0.05, 0.1) is 7.11 Å². The lowest BCUT2D eigenvalue weighted by atomic mass is 10.1. The first-order valence-corrected chi connectivity index (χ1v) is 11.8. The third kappa shape index (κ3) is 5.59. The van der Waals surface area contributed by atoms with E-state index in [9.17, 15) is 9.59 Å². The molecule has 0 unspecified atom stereocenters. The number of pyridine rings is 1. The van der Waals surface area contributed by atoms with Gasteiger partial charge in [0.2, 0.25) is 0 Å². The molecule has 2 aliphatic rings. The zero-order chi connectivity index (χ0) is 24.1. The molecular weight excluding hydrogens is 432 g/mol. The molecule has 0 bridgehead atoms. The van der Waals surface area contributed by atoms with Gasteiger partial charge in [-0.3, -0.25) is 4.79 Å². The van der Waals surface area contributed by atoms with Crippen LogP contribution in [0.25, 0.3) is 0 Å². The number of piperazine rings is 2. The summed E-state index contributed by atoms with van der Waals surface area (Å²) in [5, 5.41) is 3.02. The third-order valence-corrected chi connectivity index (χ3v) is 6.59. The lowest BCUT2D eigenvalue weighted by molar-refractivity contribution is 0.0664. The maximum absolute atomic E-state index is 12.9. The molecule has 2 aliphatic heterocycles. The number of nitrogens with one attached hydrogen (secondary N) is 1. The topological polar surface area (TPSA) is 81.2 Å². The number of methoxy groups -OCH3 is 1. The second-order valence-corrected chi connectivity index (χ2v) is 8.93. The average molecular weight is 467 g/mol. The van der Waals surface area contributed by atoms with Gasteiger partial charge in [0.25, 0.3) is 5.91 Å². The van der Waals surface area contributed by atoms with Gasteiger partial charge < -0.3 is 29.7 Å². The van der Waals surface area contributed by atoms with E-state index in [-0.39, 0.29) is 11.9 Å². The molecule has 3 amide bonds. The predicted molar refractivity (Wildman–Crippen MR) is 131 cm³/mol. The standard InChI is InChI=1S/C25H34N6O3/c1-19-4-5-21(17-22(19)34-3)24(32)30-12-14-31(15-13-30)25(33)27-18-20-6-7-26-23(16-20)29-10-8-28(2)9-11-29/h4-7,16-17H,8-15,18H2,1-3H3,(H,27,33). The predicted octanol–water partition coefficient (Wildman–Crippen LogP) is 1.82. The van der Waals surface area contributed by atoms with Crippen molar-refractivity contribution in [3.63, 3.8) is 0 Å². The Morgan fingerprint density at radius 1 is 0.971 bits per heavy atom. The summed E-state index contributed by atoms with van der Waals surface area (Å²) in [4.78, 5) is 38.3. The average Bonchev–Trinajstić information content (AvgIpc) is 2.88. The van der Waals surface area contributed by atoms with E-state index in [1.54, 1.807) is 29.2 Å². The fraction of sp³-hybridized carbons (Fsp3) is 0.480.